The van der Waals surface area contributed by atoms with Gasteiger partial charge in [0.1, 0.15) is 6.23 Å². The highest BCUT2D eigenvalue weighted by Crippen LogP contribution is 2.39. The molecule has 0 aliphatic carbocycles. The Balaban J connectivity index is 1.56. The molecule has 2 fully saturated rings. The Bertz CT molecular complexity index is 1100. The first-order chi connectivity index (χ1) is 15.5. The zero-order valence-electron chi connectivity index (χ0n) is 18.5. The number of nitrogens with two attached hydrogens (primary N) is 1. The molecule has 0 bridgehead atoms. The number of halogens is 1. The zero-order chi connectivity index (χ0) is 22.2. The number of aromatic nitrogens is 2. The van der Waals surface area contributed by atoms with Crippen molar-refractivity contribution in [1.82, 2.24) is 9.78 Å². The van der Waals surface area contributed by atoms with Crippen molar-refractivity contribution in [3.63, 3.8) is 0 Å². The van der Waals surface area contributed by atoms with Gasteiger partial charge in [0.05, 0.1) is 23.4 Å². The van der Waals surface area contributed by atoms with E-state index in [0.717, 1.165) is 42.5 Å². The van der Waals surface area contributed by atoms with Crippen molar-refractivity contribution in [3.05, 3.63) is 42.3 Å². The minimum atomic E-state index is -0.494. The summed E-state index contributed by atoms with van der Waals surface area (Å²) in [5.41, 5.74) is 7.78. The van der Waals surface area contributed by atoms with E-state index in [1.165, 1.54) is 6.07 Å². The summed E-state index contributed by atoms with van der Waals surface area (Å²) in [4.78, 5) is 2.22. The Morgan fingerprint density at radius 2 is 1.91 bits per heavy atom. The number of anilines is 2. The fourth-order valence-electron chi connectivity index (χ4n) is 4.56. The highest BCUT2D eigenvalue weighted by Gasteiger charge is 2.26. The van der Waals surface area contributed by atoms with E-state index < -0.39 is 5.82 Å². The van der Waals surface area contributed by atoms with E-state index in [2.05, 4.69) is 18.7 Å². The molecule has 32 heavy (non-hydrogen) atoms. The van der Waals surface area contributed by atoms with Crippen LogP contribution in [0.25, 0.3) is 10.9 Å². The molecule has 1 unspecified atom stereocenters. The Kier molecular flexibility index (Phi) is 5.65. The van der Waals surface area contributed by atoms with Crippen molar-refractivity contribution in [2.75, 3.05) is 30.3 Å². The molecule has 0 radical (unpaired) electrons. The van der Waals surface area contributed by atoms with E-state index in [9.17, 15) is 4.39 Å². The molecule has 2 N–H and O–H groups in total. The largest absolute Gasteiger partial charge is 0.452 e. The van der Waals surface area contributed by atoms with Gasteiger partial charge in [0, 0.05) is 43.0 Å². The van der Waals surface area contributed by atoms with Crippen molar-refractivity contribution in [2.24, 2.45) is 0 Å². The molecule has 2 aromatic carbocycles. The van der Waals surface area contributed by atoms with Gasteiger partial charge >= 0.3 is 0 Å². The van der Waals surface area contributed by atoms with Crippen LogP contribution >= 0.6 is 0 Å². The van der Waals surface area contributed by atoms with E-state index in [-0.39, 0.29) is 24.2 Å². The van der Waals surface area contributed by atoms with E-state index >= 15 is 0 Å². The summed E-state index contributed by atoms with van der Waals surface area (Å²) >= 11 is 0. The molecule has 0 amide bonds. The molecular weight excluding hydrogens is 411 g/mol. The van der Waals surface area contributed by atoms with Crippen molar-refractivity contribution >= 4 is 22.3 Å². The number of ether oxygens (including phenoxy) is 3. The summed E-state index contributed by atoms with van der Waals surface area (Å²) in [6.07, 6.45) is 5.22. The molecule has 1 aromatic heterocycles. The summed E-state index contributed by atoms with van der Waals surface area (Å²) in [6, 6.07) is 8.41. The van der Waals surface area contributed by atoms with Gasteiger partial charge in [0.2, 0.25) is 0 Å². The SMILES string of the molecule is C[C@@H]1CN(c2cc3nn(C4CCCCO4)cc3cc2Oc2ccc(N)cc2F)C[C@H](C)O1. The predicted octanol–water partition coefficient (Wildman–Crippen LogP) is 4.86. The number of rotatable bonds is 4. The number of hydrogen-bond donors (Lipinski definition) is 1. The molecule has 2 aliphatic heterocycles. The summed E-state index contributed by atoms with van der Waals surface area (Å²) in [5, 5.41) is 5.71. The Hall–Kier alpha value is -2.84. The molecular formula is C24H29FN4O3. The molecule has 7 nitrogen and oxygen atoms in total. The van der Waals surface area contributed by atoms with Crippen LogP contribution in [0.1, 0.15) is 39.3 Å². The summed E-state index contributed by atoms with van der Waals surface area (Å²) in [5.74, 6) is 0.217. The van der Waals surface area contributed by atoms with E-state index in [0.29, 0.717) is 24.5 Å². The third-order valence-corrected chi connectivity index (χ3v) is 5.99. The van der Waals surface area contributed by atoms with Gasteiger partial charge in [-0.15, -0.1) is 0 Å². The third-order valence-electron chi connectivity index (χ3n) is 5.99. The van der Waals surface area contributed by atoms with Crippen molar-refractivity contribution in [2.45, 2.75) is 51.5 Å². The fourth-order valence-corrected chi connectivity index (χ4v) is 4.56. The van der Waals surface area contributed by atoms with Gasteiger partial charge in [-0.25, -0.2) is 9.07 Å². The molecule has 3 aromatic rings. The molecule has 170 valence electrons. The van der Waals surface area contributed by atoms with Gasteiger partial charge in [0.25, 0.3) is 0 Å². The monoisotopic (exact) mass is 440 g/mol. The van der Waals surface area contributed by atoms with Crippen LogP contribution < -0.4 is 15.4 Å². The second-order valence-electron chi connectivity index (χ2n) is 8.76. The molecule has 5 rings (SSSR count). The highest BCUT2D eigenvalue weighted by atomic mass is 19.1. The minimum Gasteiger partial charge on any atom is -0.452 e. The maximum absolute atomic E-state index is 14.5. The van der Waals surface area contributed by atoms with Crippen LogP contribution in [0.2, 0.25) is 0 Å². The summed E-state index contributed by atoms with van der Waals surface area (Å²) in [7, 11) is 0. The van der Waals surface area contributed by atoms with E-state index in [1.807, 2.05) is 23.0 Å². The topological polar surface area (TPSA) is 74.8 Å². The first-order valence-corrected chi connectivity index (χ1v) is 11.2. The predicted molar refractivity (Wildman–Crippen MR) is 122 cm³/mol. The molecule has 2 aliphatic rings. The maximum Gasteiger partial charge on any atom is 0.167 e. The molecule has 0 spiro atoms. The second kappa shape index (κ2) is 8.60. The van der Waals surface area contributed by atoms with Crippen LogP contribution in [0.5, 0.6) is 11.5 Å². The van der Waals surface area contributed by atoms with Crippen LogP contribution in [0, 0.1) is 5.82 Å². The number of nitrogens with zero attached hydrogens (tertiary/aromatic N) is 3. The fraction of sp³-hybridized carbons (Fsp3) is 0.458. The Morgan fingerprint density at radius 3 is 2.62 bits per heavy atom. The number of fused-ring (bicyclic) bond motifs is 1. The van der Waals surface area contributed by atoms with Crippen LogP contribution in [-0.4, -0.2) is 41.7 Å². The average molecular weight is 441 g/mol. The standard InChI is InChI=1S/C24H29FN4O3/c1-15-12-28(13-16(2)31-15)21-11-20-17(14-29(27-20)24-5-3-4-8-30-24)9-23(21)32-22-7-6-18(26)10-19(22)25/h6-7,9-11,14-16,24H,3-5,8,12-13,26H2,1-2H3/t15-,16+,24?. The second-order valence-corrected chi connectivity index (χ2v) is 8.76. The van der Waals surface area contributed by atoms with Crippen molar-refractivity contribution in [3.8, 4) is 11.5 Å². The first-order valence-electron chi connectivity index (χ1n) is 11.2. The van der Waals surface area contributed by atoms with Gasteiger partial charge in [-0.1, -0.05) is 0 Å². The van der Waals surface area contributed by atoms with Crippen molar-refractivity contribution < 1.29 is 18.6 Å². The average Bonchev–Trinajstić information content (AvgIpc) is 3.18. The number of nitrogen functional groups attached to an aromatic ring is 1. The van der Waals surface area contributed by atoms with Gasteiger partial charge in [-0.05, 0) is 57.4 Å². The normalized spacial score (nSPS) is 24.1. The number of morpholine rings is 1. The van der Waals surface area contributed by atoms with Gasteiger partial charge < -0.3 is 24.8 Å². The van der Waals surface area contributed by atoms with E-state index in [1.54, 1.807) is 12.1 Å². The molecule has 3 heterocycles. The van der Waals surface area contributed by atoms with E-state index in [4.69, 9.17) is 25.0 Å². The van der Waals surface area contributed by atoms with Crippen molar-refractivity contribution in [1.29, 1.82) is 0 Å². The third kappa shape index (κ3) is 4.25. The van der Waals surface area contributed by atoms with Crippen LogP contribution in [-0.2, 0) is 9.47 Å². The molecule has 3 atom stereocenters. The van der Waals surface area contributed by atoms with Gasteiger partial charge in [-0.2, -0.15) is 5.10 Å². The lowest BCUT2D eigenvalue weighted by Crippen LogP contribution is -2.45. The summed E-state index contributed by atoms with van der Waals surface area (Å²) in [6.45, 7) is 6.28. The maximum atomic E-state index is 14.5. The molecule has 2 saturated heterocycles. The number of benzene rings is 2. The zero-order valence-corrected chi connectivity index (χ0v) is 18.5. The van der Waals surface area contributed by atoms with Gasteiger partial charge in [-0.3, -0.25) is 0 Å². The van der Waals surface area contributed by atoms with Crippen LogP contribution in [0.3, 0.4) is 0 Å². The number of hydrogen-bond acceptors (Lipinski definition) is 6. The minimum absolute atomic E-state index is 0.0538. The lowest BCUT2D eigenvalue weighted by molar-refractivity contribution is -0.0390. The Labute approximate surface area is 186 Å². The lowest BCUT2D eigenvalue weighted by Gasteiger charge is -2.37. The van der Waals surface area contributed by atoms with Crippen LogP contribution in [0.4, 0.5) is 15.8 Å². The molecule has 0 saturated carbocycles. The molecule has 8 heteroatoms. The summed E-state index contributed by atoms with van der Waals surface area (Å²) < 4.78 is 34.3. The van der Waals surface area contributed by atoms with Crippen LogP contribution in [0.15, 0.2) is 36.5 Å². The lowest BCUT2D eigenvalue weighted by atomic mass is 10.1. The van der Waals surface area contributed by atoms with Gasteiger partial charge in [0.15, 0.2) is 17.3 Å². The quantitative estimate of drug-likeness (QED) is 0.584. The first kappa shape index (κ1) is 21.0. The Morgan fingerprint density at radius 1 is 1.09 bits per heavy atom. The highest BCUT2D eigenvalue weighted by molar-refractivity contribution is 5.86. The smallest absolute Gasteiger partial charge is 0.167 e.